The topological polar surface area (TPSA) is 48.1 Å². The van der Waals surface area contributed by atoms with Crippen LogP contribution >= 0.6 is 0 Å². The summed E-state index contributed by atoms with van der Waals surface area (Å²) in [5.74, 6) is 0.762. The largest absolute Gasteiger partial charge is 0.489 e. The fourth-order valence-corrected chi connectivity index (χ4v) is 2.30. The number of hydrogen-bond donors (Lipinski definition) is 1. The van der Waals surface area contributed by atoms with E-state index in [0.717, 1.165) is 16.9 Å². The lowest BCUT2D eigenvalue weighted by molar-refractivity contribution is 0.241. The summed E-state index contributed by atoms with van der Waals surface area (Å²) >= 11 is 0. The monoisotopic (exact) mass is 270 g/mol. The first kappa shape index (κ1) is 14.5. The number of rotatable bonds is 4. The van der Waals surface area contributed by atoms with Gasteiger partial charge in [-0.1, -0.05) is 23.8 Å². The van der Waals surface area contributed by atoms with Gasteiger partial charge in [0, 0.05) is 6.20 Å². The Morgan fingerprint density at radius 2 is 1.85 bits per heavy atom. The third-order valence-electron chi connectivity index (χ3n) is 3.23. The van der Waals surface area contributed by atoms with Crippen molar-refractivity contribution in [3.63, 3.8) is 0 Å². The van der Waals surface area contributed by atoms with E-state index >= 15 is 0 Å². The second kappa shape index (κ2) is 6.06. The molecule has 0 aliphatic heterocycles. The third kappa shape index (κ3) is 3.36. The van der Waals surface area contributed by atoms with Crippen LogP contribution in [0.1, 0.15) is 42.1 Å². The average molecular weight is 270 g/mol. The molecule has 0 amide bonds. The van der Waals surface area contributed by atoms with Gasteiger partial charge in [-0.15, -0.1) is 0 Å². The quantitative estimate of drug-likeness (QED) is 0.924. The van der Waals surface area contributed by atoms with E-state index in [2.05, 4.69) is 37.0 Å². The minimum Gasteiger partial charge on any atom is -0.489 e. The molecule has 20 heavy (non-hydrogen) atoms. The summed E-state index contributed by atoms with van der Waals surface area (Å²) in [6, 6.07) is 8.11. The Morgan fingerprint density at radius 1 is 1.10 bits per heavy atom. The maximum absolute atomic E-state index is 6.37. The standard InChI is InChI=1S/C17H22N2O/c1-11(2)20-15-8-14(9-19-10-15)17(18)16-6-5-12(3)7-13(16)4/h5-11,17H,18H2,1-4H3. The van der Waals surface area contributed by atoms with E-state index in [1.807, 2.05) is 19.9 Å². The second-order valence-corrected chi connectivity index (χ2v) is 5.46. The highest BCUT2D eigenvalue weighted by Crippen LogP contribution is 2.25. The average Bonchev–Trinajstić information content (AvgIpc) is 2.37. The normalized spacial score (nSPS) is 12.5. The van der Waals surface area contributed by atoms with Gasteiger partial charge in [0.15, 0.2) is 0 Å². The van der Waals surface area contributed by atoms with Gasteiger partial charge in [0.2, 0.25) is 0 Å². The number of nitrogens with zero attached hydrogens (tertiary/aromatic N) is 1. The number of hydrogen-bond acceptors (Lipinski definition) is 3. The summed E-state index contributed by atoms with van der Waals surface area (Å²) in [6.07, 6.45) is 3.65. The number of aromatic nitrogens is 1. The van der Waals surface area contributed by atoms with Gasteiger partial charge < -0.3 is 10.5 Å². The first-order chi connectivity index (χ1) is 9.47. The van der Waals surface area contributed by atoms with Crippen LogP contribution < -0.4 is 10.5 Å². The predicted octanol–water partition coefficient (Wildman–Crippen LogP) is 3.53. The van der Waals surface area contributed by atoms with E-state index in [1.54, 1.807) is 12.4 Å². The van der Waals surface area contributed by atoms with Crippen LogP contribution in [0.2, 0.25) is 0 Å². The Kier molecular flexibility index (Phi) is 4.40. The van der Waals surface area contributed by atoms with Crippen molar-refractivity contribution in [1.29, 1.82) is 0 Å². The van der Waals surface area contributed by atoms with Gasteiger partial charge in [0.1, 0.15) is 5.75 Å². The van der Waals surface area contributed by atoms with Crippen molar-refractivity contribution in [2.24, 2.45) is 5.73 Å². The Labute approximate surface area is 120 Å². The molecule has 0 aliphatic rings. The Morgan fingerprint density at radius 3 is 2.50 bits per heavy atom. The van der Waals surface area contributed by atoms with Crippen LogP contribution in [0.4, 0.5) is 0 Å². The zero-order valence-corrected chi connectivity index (χ0v) is 12.6. The first-order valence-corrected chi connectivity index (χ1v) is 6.91. The van der Waals surface area contributed by atoms with Crippen LogP contribution in [-0.4, -0.2) is 11.1 Å². The molecule has 0 saturated heterocycles. The van der Waals surface area contributed by atoms with Crippen molar-refractivity contribution in [3.8, 4) is 5.75 Å². The van der Waals surface area contributed by atoms with Crippen molar-refractivity contribution in [1.82, 2.24) is 4.98 Å². The molecule has 0 saturated carbocycles. The highest BCUT2D eigenvalue weighted by atomic mass is 16.5. The first-order valence-electron chi connectivity index (χ1n) is 6.91. The second-order valence-electron chi connectivity index (χ2n) is 5.46. The molecule has 0 aliphatic carbocycles. The summed E-state index contributed by atoms with van der Waals surface area (Å²) < 4.78 is 5.67. The fourth-order valence-electron chi connectivity index (χ4n) is 2.30. The third-order valence-corrected chi connectivity index (χ3v) is 3.23. The van der Waals surface area contributed by atoms with Gasteiger partial charge in [-0.2, -0.15) is 0 Å². The smallest absolute Gasteiger partial charge is 0.138 e. The van der Waals surface area contributed by atoms with E-state index in [9.17, 15) is 0 Å². The molecule has 3 nitrogen and oxygen atoms in total. The summed E-state index contributed by atoms with van der Waals surface area (Å²) in [5.41, 5.74) is 10.9. The zero-order valence-electron chi connectivity index (χ0n) is 12.6. The fraction of sp³-hybridized carbons (Fsp3) is 0.353. The molecule has 1 aromatic heterocycles. The molecule has 0 spiro atoms. The summed E-state index contributed by atoms with van der Waals surface area (Å²) in [7, 11) is 0. The van der Waals surface area contributed by atoms with Gasteiger partial charge in [0.05, 0.1) is 18.3 Å². The molecule has 1 heterocycles. The Hall–Kier alpha value is -1.87. The molecule has 1 atom stereocenters. The van der Waals surface area contributed by atoms with Crippen LogP contribution in [0.25, 0.3) is 0 Å². The number of pyridine rings is 1. The number of ether oxygens (including phenoxy) is 1. The zero-order chi connectivity index (χ0) is 14.7. The van der Waals surface area contributed by atoms with Crippen molar-refractivity contribution in [2.45, 2.75) is 39.8 Å². The highest BCUT2D eigenvalue weighted by Gasteiger charge is 2.13. The van der Waals surface area contributed by atoms with Gasteiger partial charge >= 0.3 is 0 Å². The van der Waals surface area contributed by atoms with Crippen LogP contribution in [0.5, 0.6) is 5.75 Å². The molecule has 3 heteroatoms. The van der Waals surface area contributed by atoms with Crippen LogP contribution in [0, 0.1) is 13.8 Å². The molecular weight excluding hydrogens is 248 g/mol. The molecule has 0 bridgehead atoms. The summed E-state index contributed by atoms with van der Waals surface area (Å²) in [5, 5.41) is 0. The SMILES string of the molecule is Cc1ccc(C(N)c2cncc(OC(C)C)c2)c(C)c1. The molecule has 2 N–H and O–H groups in total. The van der Waals surface area contributed by atoms with Gasteiger partial charge in [-0.05, 0) is 50.5 Å². The number of benzene rings is 1. The molecule has 0 radical (unpaired) electrons. The molecule has 2 rings (SSSR count). The summed E-state index contributed by atoms with van der Waals surface area (Å²) in [6.45, 7) is 8.17. The molecule has 1 aromatic carbocycles. The van der Waals surface area contributed by atoms with E-state index < -0.39 is 0 Å². The Bertz CT molecular complexity index is 593. The van der Waals surface area contributed by atoms with Crippen molar-refractivity contribution in [3.05, 3.63) is 58.9 Å². The van der Waals surface area contributed by atoms with E-state index in [4.69, 9.17) is 10.5 Å². The maximum Gasteiger partial charge on any atom is 0.138 e. The van der Waals surface area contributed by atoms with Gasteiger partial charge in [0.25, 0.3) is 0 Å². The lowest BCUT2D eigenvalue weighted by Crippen LogP contribution is -2.14. The van der Waals surface area contributed by atoms with Crippen LogP contribution in [-0.2, 0) is 0 Å². The minimum atomic E-state index is -0.182. The molecular formula is C17H22N2O. The maximum atomic E-state index is 6.37. The molecule has 2 aromatic rings. The highest BCUT2D eigenvalue weighted by molar-refractivity contribution is 5.39. The van der Waals surface area contributed by atoms with Crippen LogP contribution in [0.3, 0.4) is 0 Å². The van der Waals surface area contributed by atoms with Crippen molar-refractivity contribution < 1.29 is 4.74 Å². The molecule has 0 fully saturated rings. The van der Waals surface area contributed by atoms with Crippen molar-refractivity contribution >= 4 is 0 Å². The number of nitrogens with two attached hydrogens (primary N) is 1. The minimum absolute atomic E-state index is 0.129. The van der Waals surface area contributed by atoms with Crippen LogP contribution in [0.15, 0.2) is 36.7 Å². The lowest BCUT2D eigenvalue weighted by atomic mass is 9.95. The molecule has 106 valence electrons. The molecule has 1 unspecified atom stereocenters. The van der Waals surface area contributed by atoms with Gasteiger partial charge in [-0.25, -0.2) is 0 Å². The van der Waals surface area contributed by atoms with E-state index in [-0.39, 0.29) is 12.1 Å². The summed E-state index contributed by atoms with van der Waals surface area (Å²) in [4.78, 5) is 4.23. The van der Waals surface area contributed by atoms with E-state index in [0.29, 0.717) is 0 Å². The predicted molar refractivity (Wildman–Crippen MR) is 81.9 cm³/mol. The number of aryl methyl sites for hydroxylation is 2. The van der Waals surface area contributed by atoms with E-state index in [1.165, 1.54) is 11.1 Å². The lowest BCUT2D eigenvalue weighted by Gasteiger charge is -2.17. The van der Waals surface area contributed by atoms with Gasteiger partial charge in [-0.3, -0.25) is 4.98 Å². The Balaban J connectivity index is 2.30. The van der Waals surface area contributed by atoms with Crippen molar-refractivity contribution in [2.75, 3.05) is 0 Å².